The van der Waals surface area contributed by atoms with Gasteiger partial charge in [-0.1, -0.05) is 24.3 Å². The Balaban J connectivity index is 1.63. The van der Waals surface area contributed by atoms with Gasteiger partial charge in [0.2, 0.25) is 11.7 Å². The minimum absolute atomic E-state index is 0.00102. The molecule has 132 valence electrons. The van der Waals surface area contributed by atoms with E-state index in [1.807, 2.05) is 0 Å². The van der Waals surface area contributed by atoms with Gasteiger partial charge in [-0.3, -0.25) is 4.79 Å². The third-order valence-corrected chi connectivity index (χ3v) is 3.54. The number of benzene rings is 2. The molecule has 3 rings (SSSR count). The highest BCUT2D eigenvalue weighted by Gasteiger charge is 2.13. The van der Waals surface area contributed by atoms with Gasteiger partial charge in [-0.15, -0.1) is 10.2 Å². The van der Waals surface area contributed by atoms with E-state index in [-0.39, 0.29) is 35.6 Å². The van der Waals surface area contributed by atoms with Gasteiger partial charge in [0.15, 0.2) is 0 Å². The maximum Gasteiger partial charge on any atom is 0.337 e. The number of halogens is 1. The normalized spacial score (nSPS) is 10.5. The third kappa shape index (κ3) is 3.89. The smallest absolute Gasteiger partial charge is 0.337 e. The molecule has 0 aliphatic carbocycles. The Bertz CT molecular complexity index is 957. The predicted molar refractivity (Wildman–Crippen MR) is 89.9 cm³/mol. The Hall–Kier alpha value is -3.62. The van der Waals surface area contributed by atoms with E-state index in [9.17, 15) is 14.0 Å². The number of carboxylic acid groups (broad SMARTS) is 1. The van der Waals surface area contributed by atoms with Crippen molar-refractivity contribution in [1.29, 1.82) is 0 Å². The number of para-hydroxylation sites is 1. The Labute approximate surface area is 147 Å². The van der Waals surface area contributed by atoms with E-state index < -0.39 is 17.7 Å². The summed E-state index contributed by atoms with van der Waals surface area (Å²) in [4.78, 5) is 24.4. The van der Waals surface area contributed by atoms with Crippen LogP contribution in [0.15, 0.2) is 48.5 Å². The second-order valence-electron chi connectivity index (χ2n) is 5.34. The third-order valence-electron chi connectivity index (χ3n) is 3.54. The van der Waals surface area contributed by atoms with Crippen LogP contribution in [-0.2, 0) is 11.3 Å². The second-order valence-corrected chi connectivity index (χ2v) is 5.34. The van der Waals surface area contributed by atoms with Crippen LogP contribution in [0, 0.1) is 5.82 Å². The van der Waals surface area contributed by atoms with Gasteiger partial charge in [0.1, 0.15) is 5.82 Å². The molecular formula is C17H14FN5O3. The van der Waals surface area contributed by atoms with Gasteiger partial charge in [0.05, 0.1) is 23.4 Å². The van der Waals surface area contributed by atoms with Crippen molar-refractivity contribution in [2.45, 2.75) is 13.0 Å². The number of rotatable bonds is 6. The number of hydrogen-bond donors (Lipinski definition) is 2. The molecule has 0 bridgehead atoms. The van der Waals surface area contributed by atoms with Crippen molar-refractivity contribution < 1.29 is 19.1 Å². The van der Waals surface area contributed by atoms with Crippen LogP contribution in [-0.4, -0.2) is 37.2 Å². The number of carbonyl (C=O) groups is 2. The Morgan fingerprint density at radius 3 is 2.62 bits per heavy atom. The zero-order chi connectivity index (χ0) is 18.5. The van der Waals surface area contributed by atoms with Crippen LogP contribution >= 0.6 is 0 Å². The summed E-state index contributed by atoms with van der Waals surface area (Å²) < 4.78 is 13.7. The van der Waals surface area contributed by atoms with Crippen LogP contribution in [0.25, 0.3) is 11.4 Å². The van der Waals surface area contributed by atoms with E-state index >= 15 is 0 Å². The van der Waals surface area contributed by atoms with Gasteiger partial charge in [-0.25, -0.2) is 9.18 Å². The average molecular weight is 355 g/mol. The number of tetrazole rings is 1. The van der Waals surface area contributed by atoms with Crippen molar-refractivity contribution in [2.75, 3.05) is 5.32 Å². The zero-order valence-electron chi connectivity index (χ0n) is 13.5. The summed E-state index contributed by atoms with van der Waals surface area (Å²) in [6, 6.07) is 12.2. The molecule has 8 nitrogen and oxygen atoms in total. The van der Waals surface area contributed by atoms with E-state index in [1.165, 1.54) is 29.1 Å². The zero-order valence-corrected chi connectivity index (χ0v) is 13.5. The molecule has 2 aromatic carbocycles. The number of nitrogens with zero attached hydrogens (tertiary/aromatic N) is 4. The summed E-state index contributed by atoms with van der Waals surface area (Å²) in [6.45, 7) is 0.114. The summed E-state index contributed by atoms with van der Waals surface area (Å²) in [5.74, 6) is -1.87. The fourth-order valence-electron chi connectivity index (χ4n) is 2.28. The lowest BCUT2D eigenvalue weighted by Crippen LogP contribution is -2.17. The summed E-state index contributed by atoms with van der Waals surface area (Å²) in [5, 5.41) is 23.3. The number of aryl methyl sites for hydroxylation is 1. The standard InChI is InChI=1S/C17H14FN5O3/c18-13-7-3-1-5-11(13)16-20-22-23(21-16)10-9-15(24)19-14-8-4-2-6-12(14)17(25)26/h1-8H,9-10H2,(H,19,24)(H,25,26). The van der Waals surface area contributed by atoms with Gasteiger partial charge in [-0.2, -0.15) is 4.80 Å². The number of hydrogen-bond acceptors (Lipinski definition) is 5. The van der Waals surface area contributed by atoms with E-state index in [0.717, 1.165) is 0 Å². The molecule has 2 N–H and O–H groups in total. The first-order valence-corrected chi connectivity index (χ1v) is 7.69. The molecule has 0 unspecified atom stereocenters. The molecule has 0 spiro atoms. The minimum atomic E-state index is -1.13. The number of anilines is 1. The van der Waals surface area contributed by atoms with Gasteiger partial charge in [-0.05, 0) is 29.5 Å². The van der Waals surface area contributed by atoms with Crippen LogP contribution in [0.3, 0.4) is 0 Å². The number of nitrogens with one attached hydrogen (secondary N) is 1. The maximum atomic E-state index is 13.7. The molecule has 0 radical (unpaired) electrons. The highest BCUT2D eigenvalue weighted by atomic mass is 19.1. The quantitative estimate of drug-likeness (QED) is 0.701. The number of aromatic nitrogens is 4. The van der Waals surface area contributed by atoms with Crippen molar-refractivity contribution in [2.24, 2.45) is 0 Å². The summed E-state index contributed by atoms with van der Waals surface area (Å²) >= 11 is 0. The number of carbonyl (C=O) groups excluding carboxylic acids is 1. The van der Waals surface area contributed by atoms with Gasteiger partial charge in [0, 0.05) is 6.42 Å². The number of aromatic carboxylic acids is 1. The molecule has 9 heteroatoms. The fraction of sp³-hybridized carbons (Fsp3) is 0.118. The summed E-state index contributed by atoms with van der Waals surface area (Å²) in [6.07, 6.45) is 0.00102. The lowest BCUT2D eigenvalue weighted by molar-refractivity contribution is -0.116. The molecule has 3 aromatic rings. The molecule has 0 aliphatic rings. The molecule has 0 aliphatic heterocycles. The van der Waals surface area contributed by atoms with E-state index in [1.54, 1.807) is 24.3 Å². The van der Waals surface area contributed by atoms with E-state index in [4.69, 9.17) is 5.11 Å². The minimum Gasteiger partial charge on any atom is -0.478 e. The highest BCUT2D eigenvalue weighted by molar-refractivity contribution is 6.00. The SMILES string of the molecule is O=C(CCn1nnc(-c2ccccc2F)n1)Nc1ccccc1C(=O)O. The van der Waals surface area contributed by atoms with Crippen LogP contribution in [0.4, 0.5) is 10.1 Å². The molecule has 0 saturated carbocycles. The first kappa shape index (κ1) is 17.2. The van der Waals surface area contributed by atoms with Crippen LogP contribution in [0.5, 0.6) is 0 Å². The lowest BCUT2D eigenvalue weighted by atomic mass is 10.2. The van der Waals surface area contributed by atoms with Crippen molar-refractivity contribution in [3.63, 3.8) is 0 Å². The topological polar surface area (TPSA) is 110 Å². The molecular weight excluding hydrogens is 341 g/mol. The first-order chi connectivity index (χ1) is 12.5. The van der Waals surface area contributed by atoms with Crippen molar-refractivity contribution in [1.82, 2.24) is 20.2 Å². The molecule has 0 saturated heterocycles. The fourth-order valence-corrected chi connectivity index (χ4v) is 2.28. The largest absolute Gasteiger partial charge is 0.478 e. The van der Waals surface area contributed by atoms with Crippen LogP contribution in [0.2, 0.25) is 0 Å². The monoisotopic (exact) mass is 355 g/mol. The van der Waals surface area contributed by atoms with Gasteiger partial charge < -0.3 is 10.4 Å². The van der Waals surface area contributed by atoms with Crippen LogP contribution < -0.4 is 5.32 Å². The Kier molecular flexibility index (Phi) is 4.97. The summed E-state index contributed by atoms with van der Waals surface area (Å²) in [5.41, 5.74) is 0.434. The van der Waals surface area contributed by atoms with E-state index in [2.05, 4.69) is 20.7 Å². The molecule has 0 atom stereocenters. The van der Waals surface area contributed by atoms with Gasteiger partial charge >= 0.3 is 5.97 Å². The van der Waals surface area contributed by atoms with Gasteiger partial charge in [0.25, 0.3) is 0 Å². The predicted octanol–water partition coefficient (Wildman–Crippen LogP) is 2.21. The molecule has 1 heterocycles. The summed E-state index contributed by atoms with van der Waals surface area (Å²) in [7, 11) is 0. The Morgan fingerprint density at radius 2 is 1.85 bits per heavy atom. The lowest BCUT2D eigenvalue weighted by Gasteiger charge is -2.07. The molecule has 1 aromatic heterocycles. The number of amides is 1. The maximum absolute atomic E-state index is 13.7. The number of carboxylic acids is 1. The molecule has 0 fully saturated rings. The van der Waals surface area contributed by atoms with Crippen molar-refractivity contribution in [3.8, 4) is 11.4 Å². The van der Waals surface area contributed by atoms with E-state index in [0.29, 0.717) is 0 Å². The highest BCUT2D eigenvalue weighted by Crippen LogP contribution is 2.17. The van der Waals surface area contributed by atoms with Crippen molar-refractivity contribution in [3.05, 3.63) is 59.9 Å². The van der Waals surface area contributed by atoms with Crippen LogP contribution in [0.1, 0.15) is 16.8 Å². The molecule has 26 heavy (non-hydrogen) atoms. The Morgan fingerprint density at radius 1 is 1.12 bits per heavy atom. The average Bonchev–Trinajstić information content (AvgIpc) is 3.09. The first-order valence-electron chi connectivity index (χ1n) is 7.69. The van der Waals surface area contributed by atoms with Crippen molar-refractivity contribution >= 4 is 17.6 Å². The second kappa shape index (κ2) is 7.51. The molecule has 1 amide bonds.